The maximum absolute atomic E-state index is 12.4. The molecule has 0 aliphatic carbocycles. The molecule has 6 heteroatoms. The van der Waals surface area contributed by atoms with Crippen LogP contribution in [0.3, 0.4) is 0 Å². The van der Waals surface area contributed by atoms with Crippen LogP contribution < -0.4 is 10.6 Å². The number of carbonyl (C=O) groups is 1. The number of nitrogens with one attached hydrogen (secondary N) is 2. The highest BCUT2D eigenvalue weighted by Gasteiger charge is 2.27. The Morgan fingerprint density at radius 2 is 2.29 bits per heavy atom. The van der Waals surface area contributed by atoms with Crippen LogP contribution in [0.5, 0.6) is 0 Å². The Hall–Kier alpha value is -0.520. The van der Waals surface area contributed by atoms with Gasteiger partial charge in [-0.05, 0) is 60.6 Å². The molecule has 21 heavy (non-hydrogen) atoms. The van der Waals surface area contributed by atoms with Crippen molar-refractivity contribution in [1.29, 1.82) is 0 Å². The smallest absolute Gasteiger partial charge is 0.267 e. The third-order valence-electron chi connectivity index (χ3n) is 3.97. The second-order valence-electron chi connectivity index (χ2n) is 6.32. The molecular formula is C15H25BrClN3O. The van der Waals surface area contributed by atoms with Crippen LogP contribution >= 0.6 is 28.3 Å². The van der Waals surface area contributed by atoms with Crippen LogP contribution in [0, 0.1) is 5.41 Å². The van der Waals surface area contributed by atoms with Crippen LogP contribution in [-0.4, -0.2) is 30.1 Å². The molecule has 1 aliphatic rings. The quantitative estimate of drug-likeness (QED) is 0.844. The summed E-state index contributed by atoms with van der Waals surface area (Å²) in [5, 5.41) is 6.51. The van der Waals surface area contributed by atoms with Crippen molar-refractivity contribution in [1.82, 2.24) is 15.2 Å². The normalized spacial score (nSPS) is 22.0. The summed E-state index contributed by atoms with van der Waals surface area (Å²) >= 11 is 3.45. The molecule has 1 unspecified atom stereocenters. The van der Waals surface area contributed by atoms with Crippen molar-refractivity contribution in [3.8, 4) is 0 Å². The Morgan fingerprint density at radius 1 is 1.57 bits per heavy atom. The number of hydrogen-bond donors (Lipinski definition) is 2. The number of nitrogens with zero attached hydrogens (tertiary/aromatic N) is 1. The molecule has 1 amide bonds. The fourth-order valence-electron chi connectivity index (χ4n) is 2.71. The Balaban J connectivity index is 0.00000220. The maximum atomic E-state index is 12.4. The van der Waals surface area contributed by atoms with E-state index in [0.717, 1.165) is 36.2 Å². The van der Waals surface area contributed by atoms with Gasteiger partial charge in [0.2, 0.25) is 0 Å². The van der Waals surface area contributed by atoms with Crippen LogP contribution in [0.15, 0.2) is 16.7 Å². The fraction of sp³-hybridized carbons (Fsp3) is 0.667. The van der Waals surface area contributed by atoms with Gasteiger partial charge in [-0.15, -0.1) is 12.4 Å². The predicted octanol–water partition coefficient (Wildman–Crippen LogP) is 3.37. The monoisotopic (exact) mass is 377 g/mol. The Bertz CT molecular complexity index is 481. The van der Waals surface area contributed by atoms with Gasteiger partial charge in [-0.3, -0.25) is 4.79 Å². The van der Waals surface area contributed by atoms with Crippen molar-refractivity contribution in [3.63, 3.8) is 0 Å². The van der Waals surface area contributed by atoms with Gasteiger partial charge >= 0.3 is 0 Å². The van der Waals surface area contributed by atoms with Crippen LogP contribution in [0.2, 0.25) is 0 Å². The van der Waals surface area contributed by atoms with Gasteiger partial charge in [0.15, 0.2) is 0 Å². The molecular weight excluding hydrogens is 354 g/mol. The average Bonchev–Trinajstić information content (AvgIpc) is 2.79. The predicted molar refractivity (Wildman–Crippen MR) is 92.3 cm³/mol. The van der Waals surface area contributed by atoms with E-state index in [1.807, 2.05) is 16.8 Å². The summed E-state index contributed by atoms with van der Waals surface area (Å²) in [5.41, 5.74) is 0.889. The van der Waals surface area contributed by atoms with E-state index in [4.69, 9.17) is 0 Å². The molecule has 0 saturated carbocycles. The molecule has 1 aliphatic heterocycles. The highest BCUT2D eigenvalue weighted by Crippen LogP contribution is 2.25. The van der Waals surface area contributed by atoms with Crippen LogP contribution in [-0.2, 0) is 0 Å². The molecule has 1 aromatic rings. The topological polar surface area (TPSA) is 46.1 Å². The lowest BCUT2D eigenvalue weighted by Crippen LogP contribution is -2.45. The maximum Gasteiger partial charge on any atom is 0.267 e. The molecule has 2 N–H and O–H groups in total. The average molecular weight is 379 g/mol. The highest BCUT2D eigenvalue weighted by molar-refractivity contribution is 9.10. The van der Waals surface area contributed by atoms with Crippen molar-refractivity contribution in [2.45, 2.75) is 39.7 Å². The van der Waals surface area contributed by atoms with Crippen LogP contribution in [0.25, 0.3) is 0 Å². The lowest BCUT2D eigenvalue weighted by atomic mass is 9.83. The summed E-state index contributed by atoms with van der Waals surface area (Å²) in [5.74, 6) is 0.0104. The second-order valence-corrected chi connectivity index (χ2v) is 7.23. The number of rotatable bonds is 4. The van der Waals surface area contributed by atoms with E-state index in [2.05, 4.69) is 47.3 Å². The molecule has 4 nitrogen and oxygen atoms in total. The summed E-state index contributed by atoms with van der Waals surface area (Å²) in [4.78, 5) is 12.4. The first-order chi connectivity index (χ1) is 9.41. The number of carbonyl (C=O) groups excluding carboxylic acids is 1. The SMILES string of the molecule is CC(C)n1cc(Br)cc1C(=O)NCC1(C)CCCNC1.Cl. The van der Waals surface area contributed by atoms with Crippen LogP contribution in [0.4, 0.5) is 0 Å². The van der Waals surface area contributed by atoms with E-state index in [9.17, 15) is 4.79 Å². The van der Waals surface area contributed by atoms with E-state index < -0.39 is 0 Å². The molecule has 0 radical (unpaired) electrons. The largest absolute Gasteiger partial charge is 0.350 e. The van der Waals surface area contributed by atoms with Crippen molar-refractivity contribution in [2.75, 3.05) is 19.6 Å². The third kappa shape index (κ3) is 4.73. The number of amides is 1. The van der Waals surface area contributed by atoms with E-state index in [-0.39, 0.29) is 29.8 Å². The van der Waals surface area contributed by atoms with Gasteiger partial charge in [-0.1, -0.05) is 6.92 Å². The number of hydrogen-bond acceptors (Lipinski definition) is 2. The molecule has 1 fully saturated rings. The zero-order chi connectivity index (χ0) is 14.8. The molecule has 120 valence electrons. The highest BCUT2D eigenvalue weighted by atomic mass is 79.9. The van der Waals surface area contributed by atoms with Gasteiger partial charge < -0.3 is 15.2 Å². The first kappa shape index (κ1) is 18.5. The lowest BCUT2D eigenvalue weighted by molar-refractivity contribution is 0.0914. The third-order valence-corrected chi connectivity index (χ3v) is 4.40. The minimum absolute atomic E-state index is 0. The first-order valence-corrected chi connectivity index (χ1v) is 8.07. The summed E-state index contributed by atoms with van der Waals surface area (Å²) in [7, 11) is 0. The number of piperidine rings is 1. The van der Waals surface area contributed by atoms with E-state index in [1.54, 1.807) is 0 Å². The van der Waals surface area contributed by atoms with E-state index >= 15 is 0 Å². The number of aromatic nitrogens is 1. The molecule has 0 aromatic carbocycles. The first-order valence-electron chi connectivity index (χ1n) is 7.28. The van der Waals surface area contributed by atoms with Gasteiger partial charge in [0.05, 0.1) is 0 Å². The van der Waals surface area contributed by atoms with Gasteiger partial charge in [-0.25, -0.2) is 0 Å². The summed E-state index contributed by atoms with van der Waals surface area (Å²) in [6, 6.07) is 2.16. The van der Waals surface area contributed by atoms with Crippen molar-refractivity contribution >= 4 is 34.2 Å². The second kappa shape index (κ2) is 7.65. The Morgan fingerprint density at radius 3 is 2.86 bits per heavy atom. The van der Waals surface area contributed by atoms with E-state index in [0.29, 0.717) is 0 Å². The van der Waals surface area contributed by atoms with Gasteiger partial charge in [0.25, 0.3) is 5.91 Å². The zero-order valence-corrected chi connectivity index (χ0v) is 15.3. The standard InChI is InChI=1S/C15H24BrN3O.ClH/c1-11(2)19-8-12(16)7-13(19)14(20)18-10-15(3)5-4-6-17-9-15;/h7-8,11,17H,4-6,9-10H2,1-3H3,(H,18,20);1H. The minimum atomic E-state index is 0. The molecule has 1 atom stereocenters. The molecule has 2 heterocycles. The van der Waals surface area contributed by atoms with Gasteiger partial charge in [-0.2, -0.15) is 0 Å². The Kier molecular flexibility index (Phi) is 6.75. The Labute approximate surface area is 141 Å². The molecule has 1 aromatic heterocycles. The molecule has 0 bridgehead atoms. The van der Waals surface area contributed by atoms with Crippen molar-refractivity contribution in [3.05, 3.63) is 22.4 Å². The zero-order valence-electron chi connectivity index (χ0n) is 12.9. The van der Waals surface area contributed by atoms with Gasteiger partial charge in [0.1, 0.15) is 5.69 Å². The van der Waals surface area contributed by atoms with Crippen molar-refractivity contribution < 1.29 is 4.79 Å². The van der Waals surface area contributed by atoms with Crippen molar-refractivity contribution in [2.24, 2.45) is 5.41 Å². The molecule has 0 spiro atoms. The summed E-state index contributed by atoms with van der Waals surface area (Å²) in [6.45, 7) is 9.18. The van der Waals surface area contributed by atoms with Gasteiger partial charge in [0, 0.05) is 29.8 Å². The molecule has 1 saturated heterocycles. The summed E-state index contributed by atoms with van der Waals surface area (Å²) in [6.07, 6.45) is 4.30. The fourth-order valence-corrected chi connectivity index (χ4v) is 3.15. The van der Waals surface area contributed by atoms with Crippen LogP contribution in [0.1, 0.15) is 50.1 Å². The minimum Gasteiger partial charge on any atom is -0.350 e. The van der Waals surface area contributed by atoms with E-state index in [1.165, 1.54) is 6.42 Å². The number of halogens is 2. The molecule has 2 rings (SSSR count). The summed E-state index contributed by atoms with van der Waals surface area (Å²) < 4.78 is 2.95. The lowest BCUT2D eigenvalue weighted by Gasteiger charge is -2.34.